The highest BCUT2D eigenvalue weighted by Gasteiger charge is 2.29. The number of halogens is 1. The molecule has 0 bridgehead atoms. The molecule has 0 saturated carbocycles. The second kappa shape index (κ2) is 12.0. The molecule has 37 heavy (non-hydrogen) atoms. The van der Waals surface area contributed by atoms with Crippen LogP contribution < -0.4 is 5.43 Å². The summed E-state index contributed by atoms with van der Waals surface area (Å²) in [6, 6.07) is 17.1. The smallest absolute Gasteiger partial charge is 0.317 e. The van der Waals surface area contributed by atoms with Crippen molar-refractivity contribution in [2.45, 2.75) is 33.2 Å². The van der Waals surface area contributed by atoms with E-state index in [2.05, 4.69) is 5.43 Å². The minimum atomic E-state index is -0.866. The molecule has 0 atom stereocenters. The molecular weight excluding hydrogens is 504 g/mol. The number of amides is 2. The predicted octanol–water partition coefficient (Wildman–Crippen LogP) is 5.44. The minimum absolute atomic E-state index is 0.103. The normalized spacial score (nSPS) is 10.5. The van der Waals surface area contributed by atoms with Crippen LogP contribution in [0.5, 0.6) is 5.75 Å². The average molecular weight is 529 g/mol. The highest BCUT2D eigenvalue weighted by molar-refractivity contribution is 6.30. The number of hydrazine groups is 1. The maximum absolute atomic E-state index is 12.7. The number of nitrogens with one attached hydrogen (secondary N) is 1. The lowest BCUT2D eigenvalue weighted by Crippen LogP contribution is -2.55. The maximum Gasteiger partial charge on any atom is 0.317 e. The molecule has 0 heterocycles. The lowest BCUT2D eigenvalue weighted by molar-refractivity contribution is -0.394. The second-order valence-corrected chi connectivity index (χ2v) is 9.21. The van der Waals surface area contributed by atoms with Crippen molar-refractivity contribution in [1.82, 2.24) is 10.4 Å². The molecule has 3 rings (SSSR count). The fraction of sp³-hybridized carbons (Fsp3) is 0.200. The molecule has 11 nitrogen and oxygen atoms in total. The van der Waals surface area contributed by atoms with Crippen molar-refractivity contribution in [1.29, 1.82) is 0 Å². The quantitative estimate of drug-likeness (QED) is 0.337. The Hall–Kier alpha value is -4.51. The maximum atomic E-state index is 12.7. The van der Waals surface area contributed by atoms with E-state index in [1.165, 1.54) is 11.9 Å². The minimum Gasteiger partial charge on any atom is -0.502 e. The largest absolute Gasteiger partial charge is 0.502 e. The van der Waals surface area contributed by atoms with Crippen molar-refractivity contribution < 1.29 is 24.5 Å². The van der Waals surface area contributed by atoms with Gasteiger partial charge in [-0.1, -0.05) is 29.8 Å². The fourth-order valence-electron chi connectivity index (χ4n) is 2.99. The lowest BCUT2D eigenvalue weighted by atomic mass is 10.1. The van der Waals surface area contributed by atoms with E-state index in [1.54, 1.807) is 48.5 Å². The molecule has 12 heteroatoms. The first-order valence-electron chi connectivity index (χ1n) is 10.8. The summed E-state index contributed by atoms with van der Waals surface area (Å²) in [6.45, 7) is 6.93. The molecule has 0 saturated heterocycles. The summed E-state index contributed by atoms with van der Waals surface area (Å²) in [5.74, 6) is -1.16. The number of phenols is 1. The van der Waals surface area contributed by atoms with Crippen LogP contribution in [0.15, 0.2) is 66.7 Å². The topological polar surface area (TPSA) is 156 Å². The molecule has 3 aromatic carbocycles. The molecule has 0 aliphatic heterocycles. The van der Waals surface area contributed by atoms with Crippen molar-refractivity contribution in [2.24, 2.45) is 0 Å². The molecular formula is C25H25ClN4O7. The lowest BCUT2D eigenvalue weighted by Gasteiger charge is -2.35. The Morgan fingerprint density at radius 3 is 1.97 bits per heavy atom. The summed E-state index contributed by atoms with van der Waals surface area (Å²) in [4.78, 5) is 44.2. The van der Waals surface area contributed by atoms with Gasteiger partial charge in [-0.15, -0.1) is 0 Å². The van der Waals surface area contributed by atoms with Crippen molar-refractivity contribution in [3.63, 3.8) is 0 Å². The Morgan fingerprint density at radius 1 is 0.919 bits per heavy atom. The molecule has 0 aromatic heterocycles. The number of benzene rings is 3. The molecule has 2 amide bonds. The zero-order valence-corrected chi connectivity index (χ0v) is 21.2. The summed E-state index contributed by atoms with van der Waals surface area (Å²) in [5, 5.41) is 31.8. The predicted molar refractivity (Wildman–Crippen MR) is 137 cm³/mol. The summed E-state index contributed by atoms with van der Waals surface area (Å²) >= 11 is 5.83. The number of nitro benzene ring substituents is 2. The molecule has 0 unspecified atom stereocenters. The van der Waals surface area contributed by atoms with E-state index in [4.69, 9.17) is 11.6 Å². The Kier molecular flexibility index (Phi) is 9.28. The molecule has 0 aliphatic rings. The molecule has 0 fully saturated rings. The van der Waals surface area contributed by atoms with Crippen molar-refractivity contribution in [3.05, 3.63) is 109 Å². The first kappa shape index (κ1) is 28.7. The van der Waals surface area contributed by atoms with Gasteiger partial charge in [0.15, 0.2) is 5.75 Å². The zero-order valence-electron chi connectivity index (χ0n) is 20.5. The molecule has 194 valence electrons. The first-order valence-corrected chi connectivity index (χ1v) is 11.2. The molecule has 0 spiro atoms. The van der Waals surface area contributed by atoms with E-state index in [1.807, 2.05) is 26.8 Å². The number of nitro groups is 2. The van der Waals surface area contributed by atoms with Crippen molar-refractivity contribution >= 4 is 34.8 Å². The Balaban J connectivity index is 0.000000294. The highest BCUT2D eigenvalue weighted by atomic mass is 35.5. The SMILES string of the molecule is CC(C)(C)N(NC(=O)c1ccc(Cl)cc1)C(=O)c1ccccc1.Cc1cc([N+](=O)[O-])cc([N+](=O)[O-])c1O. The number of aromatic hydroxyl groups is 1. The number of hydrogen-bond donors (Lipinski definition) is 2. The van der Waals surface area contributed by atoms with E-state index in [0.29, 0.717) is 16.1 Å². The standard InChI is InChI=1S/C18H19ClN2O2.C7H6N2O5/c1-18(2,3)21(17(23)14-7-5-4-6-8-14)20-16(22)13-9-11-15(19)12-10-13;1-4-2-5(8(11)12)3-6(7(4)10)9(13)14/h4-12H,1-3H3,(H,20,22);2-3,10H,1H3. The van der Waals surface area contributed by atoms with E-state index < -0.39 is 32.5 Å². The van der Waals surface area contributed by atoms with E-state index in [-0.39, 0.29) is 17.4 Å². The van der Waals surface area contributed by atoms with Crippen LogP contribution in [0.2, 0.25) is 5.02 Å². The van der Waals surface area contributed by atoms with Gasteiger partial charge in [0.05, 0.1) is 21.5 Å². The van der Waals surface area contributed by atoms with E-state index in [9.17, 15) is 34.9 Å². The van der Waals surface area contributed by atoms with Gasteiger partial charge < -0.3 is 5.11 Å². The van der Waals surface area contributed by atoms with Crippen LogP contribution in [0, 0.1) is 27.2 Å². The van der Waals surface area contributed by atoms with Crippen LogP contribution in [0.25, 0.3) is 0 Å². The monoisotopic (exact) mass is 528 g/mol. The van der Waals surface area contributed by atoms with Crippen LogP contribution in [0.3, 0.4) is 0 Å². The average Bonchev–Trinajstić information content (AvgIpc) is 2.84. The van der Waals surface area contributed by atoms with Gasteiger partial charge in [-0.2, -0.15) is 0 Å². The number of phenolic OH excluding ortho intramolecular Hbond substituents is 1. The van der Waals surface area contributed by atoms with Crippen LogP contribution in [-0.2, 0) is 0 Å². The molecule has 0 aliphatic carbocycles. The van der Waals surface area contributed by atoms with Gasteiger partial charge in [0.2, 0.25) is 0 Å². The van der Waals surface area contributed by atoms with Gasteiger partial charge in [0.25, 0.3) is 17.5 Å². The van der Waals surface area contributed by atoms with E-state index >= 15 is 0 Å². The van der Waals surface area contributed by atoms with Gasteiger partial charge in [0, 0.05) is 27.8 Å². The van der Waals surface area contributed by atoms with Gasteiger partial charge in [-0.05, 0) is 64.1 Å². The fourth-order valence-corrected chi connectivity index (χ4v) is 3.11. The number of aryl methyl sites for hydroxylation is 1. The number of carbonyl (C=O) groups is 2. The Labute approximate surface area is 217 Å². The van der Waals surface area contributed by atoms with Crippen LogP contribution in [0.4, 0.5) is 11.4 Å². The van der Waals surface area contributed by atoms with Crippen molar-refractivity contribution in [3.8, 4) is 5.75 Å². The number of rotatable bonds is 4. The summed E-state index contributed by atoms with van der Waals surface area (Å²) in [7, 11) is 0. The van der Waals surface area contributed by atoms with E-state index in [0.717, 1.165) is 12.1 Å². The van der Waals surface area contributed by atoms with Gasteiger partial charge in [-0.25, -0.2) is 5.01 Å². The summed E-state index contributed by atoms with van der Waals surface area (Å²) < 4.78 is 0. The van der Waals surface area contributed by atoms with Gasteiger partial charge in [0.1, 0.15) is 0 Å². The van der Waals surface area contributed by atoms with Crippen LogP contribution in [-0.4, -0.2) is 37.3 Å². The number of carbonyl (C=O) groups excluding carboxylic acids is 2. The highest BCUT2D eigenvalue weighted by Crippen LogP contribution is 2.33. The number of non-ortho nitro benzene ring substituents is 1. The van der Waals surface area contributed by atoms with Gasteiger partial charge in [-0.3, -0.25) is 35.2 Å². The third-order valence-electron chi connectivity index (χ3n) is 4.89. The number of hydrogen-bond acceptors (Lipinski definition) is 7. The molecule has 2 N–H and O–H groups in total. The third kappa shape index (κ3) is 7.74. The first-order chi connectivity index (χ1) is 17.2. The van der Waals surface area contributed by atoms with Crippen molar-refractivity contribution in [2.75, 3.05) is 0 Å². The molecule has 0 radical (unpaired) electrons. The second-order valence-electron chi connectivity index (χ2n) is 8.77. The summed E-state index contributed by atoms with van der Waals surface area (Å²) in [5.41, 5.74) is 2.10. The van der Waals surface area contributed by atoms with Crippen LogP contribution in [0.1, 0.15) is 47.1 Å². The van der Waals surface area contributed by atoms with Gasteiger partial charge >= 0.3 is 5.69 Å². The summed E-state index contributed by atoms with van der Waals surface area (Å²) in [6.07, 6.45) is 0. The zero-order chi connectivity index (χ0) is 27.9. The Morgan fingerprint density at radius 2 is 1.49 bits per heavy atom. The molecule has 3 aromatic rings. The number of nitrogens with zero attached hydrogens (tertiary/aromatic N) is 3. The Bertz CT molecular complexity index is 1310. The van der Waals surface area contributed by atoms with Crippen LogP contribution >= 0.6 is 11.6 Å². The third-order valence-corrected chi connectivity index (χ3v) is 5.14.